The van der Waals surface area contributed by atoms with Gasteiger partial charge in [0.15, 0.2) is 11.4 Å². The molecule has 1 aliphatic rings. The molecule has 0 aromatic carbocycles. The fraction of sp³-hybridized carbons (Fsp3) is 0.125. The average molecular weight is 222 g/mol. The number of nitrogens with two attached hydrogens (primary N) is 1. The molecule has 8 heteroatoms. The van der Waals surface area contributed by atoms with Gasteiger partial charge in [-0.15, -0.1) is 10.2 Å². The van der Waals surface area contributed by atoms with E-state index in [4.69, 9.17) is 5.73 Å². The zero-order valence-corrected chi connectivity index (χ0v) is 8.10. The van der Waals surface area contributed by atoms with E-state index in [0.29, 0.717) is 0 Å². The van der Waals surface area contributed by atoms with Crippen LogP contribution < -0.4 is 11.1 Å². The first-order valence-electron chi connectivity index (χ1n) is 4.16. The van der Waals surface area contributed by atoms with Crippen LogP contribution in [0, 0.1) is 0 Å². The molecule has 1 aromatic rings. The number of amides is 2. The van der Waals surface area contributed by atoms with Gasteiger partial charge in [0.1, 0.15) is 0 Å². The molecule has 2 heterocycles. The van der Waals surface area contributed by atoms with E-state index in [0.717, 1.165) is 7.11 Å². The Morgan fingerprint density at radius 3 is 2.62 bits per heavy atom. The maximum Gasteiger partial charge on any atom is 0.360 e. The molecule has 0 aliphatic carbocycles. The molecule has 1 aromatic heterocycles. The summed E-state index contributed by atoms with van der Waals surface area (Å²) in [5.41, 5.74) is 4.73. The summed E-state index contributed by atoms with van der Waals surface area (Å²) in [6.45, 7) is 0. The van der Waals surface area contributed by atoms with Gasteiger partial charge in [0.05, 0.1) is 18.4 Å². The molecule has 16 heavy (non-hydrogen) atoms. The summed E-state index contributed by atoms with van der Waals surface area (Å²) in [6, 6.07) is 0. The zero-order valence-electron chi connectivity index (χ0n) is 8.10. The number of rotatable bonds is 1. The second kappa shape index (κ2) is 3.26. The second-order valence-corrected chi connectivity index (χ2v) is 2.96. The number of nitrogens with zero attached hydrogens (tertiary/aromatic N) is 2. The number of hydrogen-bond acceptors (Lipinski definition) is 7. The highest BCUT2D eigenvalue weighted by Gasteiger charge is 2.34. The standard InChI is InChI=1S/C8H6N4O4/c1-16-8(15)5-3(9)2-4(11-12-5)7(14)10-6(2)13/h1H3,(H2,9,11)(H,10,13,14). The fourth-order valence-electron chi connectivity index (χ4n) is 1.31. The highest BCUT2D eigenvalue weighted by atomic mass is 16.5. The van der Waals surface area contributed by atoms with Crippen LogP contribution in [0.3, 0.4) is 0 Å². The summed E-state index contributed by atoms with van der Waals surface area (Å²) in [5, 5.41) is 8.89. The number of carbonyl (C=O) groups is 3. The van der Waals surface area contributed by atoms with Crippen molar-refractivity contribution in [3.8, 4) is 0 Å². The summed E-state index contributed by atoms with van der Waals surface area (Å²) in [5.74, 6) is -2.20. The number of nitrogen functional groups attached to an aromatic ring is 1. The number of nitrogens with one attached hydrogen (secondary N) is 1. The summed E-state index contributed by atoms with van der Waals surface area (Å²) in [6.07, 6.45) is 0. The van der Waals surface area contributed by atoms with Gasteiger partial charge in [-0.1, -0.05) is 0 Å². The quantitative estimate of drug-likeness (QED) is 0.448. The molecule has 2 amide bonds. The molecule has 82 valence electrons. The maximum atomic E-state index is 11.3. The summed E-state index contributed by atoms with van der Waals surface area (Å²) < 4.78 is 4.40. The Hall–Kier alpha value is -2.51. The monoisotopic (exact) mass is 222 g/mol. The lowest BCUT2D eigenvalue weighted by Gasteiger charge is -2.03. The minimum atomic E-state index is -0.819. The van der Waals surface area contributed by atoms with Gasteiger partial charge >= 0.3 is 5.97 Å². The summed E-state index contributed by atoms with van der Waals surface area (Å²) in [7, 11) is 1.14. The topological polar surface area (TPSA) is 124 Å². The summed E-state index contributed by atoms with van der Waals surface area (Å²) >= 11 is 0. The number of esters is 1. The molecule has 0 saturated carbocycles. The third kappa shape index (κ3) is 1.20. The van der Waals surface area contributed by atoms with Crippen molar-refractivity contribution in [1.29, 1.82) is 0 Å². The second-order valence-electron chi connectivity index (χ2n) is 2.96. The zero-order chi connectivity index (χ0) is 11.9. The number of fused-ring (bicyclic) bond motifs is 1. The molecule has 2 rings (SSSR count). The van der Waals surface area contributed by atoms with Gasteiger partial charge in [-0.05, 0) is 0 Å². The van der Waals surface area contributed by atoms with Crippen molar-refractivity contribution < 1.29 is 19.1 Å². The Kier molecular flexibility index (Phi) is 2.04. The number of methoxy groups -OCH3 is 1. The van der Waals surface area contributed by atoms with Gasteiger partial charge < -0.3 is 10.5 Å². The van der Waals surface area contributed by atoms with Gasteiger partial charge in [-0.3, -0.25) is 14.9 Å². The fourth-order valence-corrected chi connectivity index (χ4v) is 1.31. The van der Waals surface area contributed by atoms with Crippen molar-refractivity contribution in [3.63, 3.8) is 0 Å². The van der Waals surface area contributed by atoms with E-state index in [1.807, 2.05) is 5.32 Å². The van der Waals surface area contributed by atoms with Gasteiger partial charge in [0, 0.05) is 0 Å². The van der Waals surface area contributed by atoms with Crippen LogP contribution in [0.4, 0.5) is 5.69 Å². The van der Waals surface area contributed by atoms with E-state index in [2.05, 4.69) is 14.9 Å². The molecule has 0 spiro atoms. The van der Waals surface area contributed by atoms with E-state index < -0.39 is 17.8 Å². The third-order valence-corrected chi connectivity index (χ3v) is 2.06. The molecule has 3 N–H and O–H groups in total. The first kappa shape index (κ1) is 10.0. The molecule has 0 radical (unpaired) electrons. The minimum absolute atomic E-state index is 0.139. The van der Waals surface area contributed by atoms with E-state index >= 15 is 0 Å². The largest absolute Gasteiger partial charge is 0.464 e. The molecule has 0 fully saturated rings. The smallest absolute Gasteiger partial charge is 0.360 e. The number of imide groups is 1. The van der Waals surface area contributed by atoms with Crippen LogP contribution >= 0.6 is 0 Å². The lowest BCUT2D eigenvalue weighted by atomic mass is 10.1. The Balaban J connectivity index is 2.65. The van der Waals surface area contributed by atoms with Crippen LogP contribution in [-0.4, -0.2) is 35.1 Å². The molecule has 1 aliphatic heterocycles. The molecule has 0 bridgehead atoms. The van der Waals surface area contributed by atoms with E-state index in [1.54, 1.807) is 0 Å². The van der Waals surface area contributed by atoms with Crippen molar-refractivity contribution in [3.05, 3.63) is 17.0 Å². The number of aromatic nitrogens is 2. The molecule has 0 saturated heterocycles. The van der Waals surface area contributed by atoms with Crippen LogP contribution in [0.25, 0.3) is 0 Å². The minimum Gasteiger partial charge on any atom is -0.464 e. The predicted octanol–water partition coefficient (Wildman–Crippen LogP) is -1.27. The Labute approximate surface area is 88.8 Å². The van der Waals surface area contributed by atoms with Crippen molar-refractivity contribution in [2.24, 2.45) is 0 Å². The van der Waals surface area contributed by atoms with Crippen LogP contribution in [0.15, 0.2) is 0 Å². The Morgan fingerprint density at radius 1 is 1.31 bits per heavy atom. The molecular weight excluding hydrogens is 216 g/mol. The van der Waals surface area contributed by atoms with E-state index in [-0.39, 0.29) is 22.6 Å². The van der Waals surface area contributed by atoms with Crippen LogP contribution in [0.1, 0.15) is 31.3 Å². The van der Waals surface area contributed by atoms with Gasteiger partial charge in [-0.2, -0.15) is 0 Å². The summed E-state index contributed by atoms with van der Waals surface area (Å²) in [4.78, 5) is 33.7. The normalized spacial score (nSPS) is 13.3. The molecule has 8 nitrogen and oxygen atoms in total. The third-order valence-electron chi connectivity index (χ3n) is 2.06. The van der Waals surface area contributed by atoms with Crippen molar-refractivity contribution in [1.82, 2.24) is 15.5 Å². The van der Waals surface area contributed by atoms with Crippen molar-refractivity contribution in [2.45, 2.75) is 0 Å². The molecular formula is C8H6N4O4. The average Bonchev–Trinajstić information content (AvgIpc) is 2.54. The van der Waals surface area contributed by atoms with Crippen molar-refractivity contribution >= 4 is 23.5 Å². The number of ether oxygens (including phenoxy) is 1. The van der Waals surface area contributed by atoms with Gasteiger partial charge in [0.2, 0.25) is 0 Å². The number of hydrogen-bond donors (Lipinski definition) is 2. The van der Waals surface area contributed by atoms with Gasteiger partial charge in [0.25, 0.3) is 11.8 Å². The lowest BCUT2D eigenvalue weighted by molar-refractivity contribution is 0.0593. The predicted molar refractivity (Wildman–Crippen MR) is 49.6 cm³/mol. The highest BCUT2D eigenvalue weighted by molar-refractivity contribution is 6.23. The van der Waals surface area contributed by atoms with Crippen molar-refractivity contribution in [2.75, 3.05) is 12.8 Å². The van der Waals surface area contributed by atoms with E-state index in [9.17, 15) is 14.4 Å². The first-order valence-corrected chi connectivity index (χ1v) is 4.16. The van der Waals surface area contributed by atoms with Crippen LogP contribution in [0.5, 0.6) is 0 Å². The maximum absolute atomic E-state index is 11.3. The number of carbonyl (C=O) groups excluding carboxylic acids is 3. The highest BCUT2D eigenvalue weighted by Crippen LogP contribution is 2.22. The number of anilines is 1. The Morgan fingerprint density at radius 2 is 2.00 bits per heavy atom. The molecule has 0 unspecified atom stereocenters. The SMILES string of the molecule is COC(=O)c1nnc2c(c1N)C(=O)NC2=O. The van der Waals surface area contributed by atoms with Crippen LogP contribution in [0.2, 0.25) is 0 Å². The first-order chi connectivity index (χ1) is 7.56. The van der Waals surface area contributed by atoms with Crippen LogP contribution in [-0.2, 0) is 4.74 Å². The van der Waals surface area contributed by atoms with Gasteiger partial charge in [-0.25, -0.2) is 4.79 Å². The lowest BCUT2D eigenvalue weighted by Crippen LogP contribution is -2.20. The van der Waals surface area contributed by atoms with E-state index in [1.165, 1.54) is 0 Å². The molecule has 0 atom stereocenters. The Bertz CT molecular complexity index is 525.